The van der Waals surface area contributed by atoms with Crippen molar-refractivity contribution in [2.24, 2.45) is 0 Å². The van der Waals surface area contributed by atoms with E-state index in [9.17, 15) is 14.4 Å². The van der Waals surface area contributed by atoms with E-state index in [1.807, 2.05) is 0 Å². The molecule has 0 bridgehead atoms. The summed E-state index contributed by atoms with van der Waals surface area (Å²) in [6.45, 7) is 6.66. The van der Waals surface area contributed by atoms with Crippen molar-refractivity contribution >= 4 is 17.9 Å². The second-order valence-corrected chi connectivity index (χ2v) is 21.0. The first-order valence-electron chi connectivity index (χ1n) is 30.5. The van der Waals surface area contributed by atoms with Crippen molar-refractivity contribution in [1.29, 1.82) is 0 Å². The quantitative estimate of drug-likeness (QED) is 0.0343. The van der Waals surface area contributed by atoms with Crippen LogP contribution in [0.4, 0.5) is 0 Å². The molecule has 0 N–H and O–H groups in total. The van der Waals surface area contributed by atoms with Crippen LogP contribution in [0.1, 0.15) is 355 Å². The number of carbonyl (C=O) groups is 3. The fourth-order valence-electron chi connectivity index (χ4n) is 9.51. The molecular weight excluding hydrogens is 829 g/mol. The molecule has 6 heteroatoms. The highest BCUT2D eigenvalue weighted by atomic mass is 16.6. The SMILES string of the molecule is CCCCCCCCCCCCCCCCCCCCCCCCC(=O)OCC(COC(=O)CCCCCCCC)OC(=O)CCCCCCCCCCCCCCCCCCCCCCC. The van der Waals surface area contributed by atoms with E-state index in [1.165, 1.54) is 257 Å². The van der Waals surface area contributed by atoms with Crippen LogP contribution >= 0.6 is 0 Å². The number of ether oxygens (including phenoxy) is 3. The second-order valence-electron chi connectivity index (χ2n) is 21.0. The molecule has 6 nitrogen and oxygen atoms in total. The fraction of sp³-hybridized carbons (Fsp3) is 0.951. The smallest absolute Gasteiger partial charge is 0.306 e. The molecule has 398 valence electrons. The third kappa shape index (κ3) is 55.2. The number of esters is 3. The number of hydrogen-bond donors (Lipinski definition) is 0. The Bertz CT molecular complexity index is 998. The minimum atomic E-state index is -0.760. The lowest BCUT2D eigenvalue weighted by atomic mass is 10.0. The summed E-state index contributed by atoms with van der Waals surface area (Å²) in [7, 11) is 0. The van der Waals surface area contributed by atoms with Gasteiger partial charge in [-0.3, -0.25) is 14.4 Å². The number of unbranched alkanes of at least 4 members (excludes halogenated alkanes) is 46. The maximum Gasteiger partial charge on any atom is 0.306 e. The molecular formula is C61H118O6. The Kier molecular flexibility index (Phi) is 55.6. The molecule has 0 spiro atoms. The molecule has 0 saturated carbocycles. The zero-order chi connectivity index (χ0) is 48.6. The van der Waals surface area contributed by atoms with Gasteiger partial charge in [0.2, 0.25) is 0 Å². The van der Waals surface area contributed by atoms with Crippen LogP contribution in [0.5, 0.6) is 0 Å². The molecule has 0 aromatic carbocycles. The lowest BCUT2D eigenvalue weighted by molar-refractivity contribution is -0.167. The van der Waals surface area contributed by atoms with Crippen LogP contribution in [-0.4, -0.2) is 37.2 Å². The van der Waals surface area contributed by atoms with Gasteiger partial charge in [-0.25, -0.2) is 0 Å². The van der Waals surface area contributed by atoms with Crippen molar-refractivity contribution in [3.05, 3.63) is 0 Å². The zero-order valence-corrected chi connectivity index (χ0v) is 45.7. The van der Waals surface area contributed by atoms with Gasteiger partial charge in [0.05, 0.1) is 0 Å². The molecule has 0 saturated heterocycles. The molecule has 1 atom stereocenters. The molecule has 67 heavy (non-hydrogen) atoms. The van der Waals surface area contributed by atoms with E-state index >= 15 is 0 Å². The Labute approximate surface area is 418 Å². The van der Waals surface area contributed by atoms with E-state index in [1.54, 1.807) is 0 Å². The van der Waals surface area contributed by atoms with E-state index in [0.29, 0.717) is 19.3 Å². The predicted octanol–water partition coefficient (Wildman–Crippen LogP) is 20.3. The Balaban J connectivity index is 4.04. The number of hydrogen-bond acceptors (Lipinski definition) is 6. The van der Waals surface area contributed by atoms with E-state index < -0.39 is 6.10 Å². The Morgan fingerprint density at radius 3 is 0.597 bits per heavy atom. The van der Waals surface area contributed by atoms with Crippen LogP contribution in [0.3, 0.4) is 0 Å². The maximum absolute atomic E-state index is 12.8. The van der Waals surface area contributed by atoms with Crippen molar-refractivity contribution in [3.8, 4) is 0 Å². The zero-order valence-electron chi connectivity index (χ0n) is 45.7. The summed E-state index contributed by atoms with van der Waals surface area (Å²) < 4.78 is 16.8. The molecule has 0 aliphatic carbocycles. The molecule has 1 unspecified atom stereocenters. The first-order chi connectivity index (χ1) is 33.0. The van der Waals surface area contributed by atoms with Gasteiger partial charge in [-0.15, -0.1) is 0 Å². The first kappa shape index (κ1) is 65.4. The third-order valence-corrected chi connectivity index (χ3v) is 14.1. The molecule has 0 fully saturated rings. The first-order valence-corrected chi connectivity index (χ1v) is 30.5. The summed E-state index contributed by atoms with van der Waals surface area (Å²) >= 11 is 0. The minimum absolute atomic E-state index is 0.0620. The van der Waals surface area contributed by atoms with E-state index in [0.717, 1.165) is 57.8 Å². The maximum atomic E-state index is 12.8. The van der Waals surface area contributed by atoms with Crippen LogP contribution in [0.2, 0.25) is 0 Å². The fourth-order valence-corrected chi connectivity index (χ4v) is 9.51. The van der Waals surface area contributed by atoms with Crippen LogP contribution in [-0.2, 0) is 28.6 Å². The van der Waals surface area contributed by atoms with Crippen molar-refractivity contribution in [2.75, 3.05) is 13.2 Å². The van der Waals surface area contributed by atoms with Gasteiger partial charge in [0.15, 0.2) is 6.10 Å². The second kappa shape index (κ2) is 57.0. The summed E-state index contributed by atoms with van der Waals surface area (Å²) in [5.74, 6) is -0.843. The summed E-state index contributed by atoms with van der Waals surface area (Å²) in [6, 6.07) is 0. The Morgan fingerprint density at radius 2 is 0.403 bits per heavy atom. The summed E-state index contributed by atoms with van der Waals surface area (Å²) in [4.78, 5) is 37.9. The normalized spacial score (nSPS) is 11.9. The van der Waals surface area contributed by atoms with Gasteiger partial charge >= 0.3 is 17.9 Å². The lowest BCUT2D eigenvalue weighted by Crippen LogP contribution is -2.30. The van der Waals surface area contributed by atoms with Gasteiger partial charge < -0.3 is 14.2 Å². The van der Waals surface area contributed by atoms with Gasteiger partial charge in [0.1, 0.15) is 13.2 Å². The minimum Gasteiger partial charge on any atom is -0.462 e. The van der Waals surface area contributed by atoms with Gasteiger partial charge in [-0.1, -0.05) is 316 Å². The monoisotopic (exact) mass is 947 g/mol. The molecule has 0 aromatic heterocycles. The van der Waals surface area contributed by atoms with Crippen molar-refractivity contribution in [3.63, 3.8) is 0 Å². The topological polar surface area (TPSA) is 78.9 Å². The highest BCUT2D eigenvalue weighted by Gasteiger charge is 2.19. The Hall–Kier alpha value is -1.59. The molecule has 0 aromatic rings. The predicted molar refractivity (Wildman–Crippen MR) is 289 cm³/mol. The molecule has 0 heterocycles. The van der Waals surface area contributed by atoms with Gasteiger partial charge in [-0.05, 0) is 19.3 Å². The van der Waals surface area contributed by atoms with E-state index in [4.69, 9.17) is 14.2 Å². The van der Waals surface area contributed by atoms with E-state index in [-0.39, 0.29) is 31.1 Å². The van der Waals surface area contributed by atoms with E-state index in [2.05, 4.69) is 20.8 Å². The van der Waals surface area contributed by atoms with Gasteiger partial charge in [0.25, 0.3) is 0 Å². The standard InChI is InChI=1S/C61H118O6/c1-4-7-10-13-16-18-20-22-24-26-28-30-32-33-35-37-39-41-43-45-48-51-54-60(63)66-57-58(56-65-59(62)53-50-47-15-12-9-6-3)67-61(64)55-52-49-46-44-42-40-38-36-34-31-29-27-25-23-21-19-17-14-11-8-5-2/h58H,4-57H2,1-3H3. The van der Waals surface area contributed by atoms with Crippen LogP contribution in [0, 0.1) is 0 Å². The summed E-state index contributed by atoms with van der Waals surface area (Å²) in [6.07, 6.45) is 64.3. The average Bonchev–Trinajstić information content (AvgIpc) is 3.33. The lowest BCUT2D eigenvalue weighted by Gasteiger charge is -2.18. The number of carbonyl (C=O) groups excluding carboxylic acids is 3. The molecule has 0 aliphatic heterocycles. The summed E-state index contributed by atoms with van der Waals surface area (Å²) in [5, 5.41) is 0. The van der Waals surface area contributed by atoms with Crippen molar-refractivity contribution in [2.45, 2.75) is 361 Å². The molecule has 0 aliphatic rings. The van der Waals surface area contributed by atoms with Gasteiger partial charge in [0, 0.05) is 19.3 Å². The number of rotatable bonds is 57. The highest BCUT2D eigenvalue weighted by molar-refractivity contribution is 5.71. The van der Waals surface area contributed by atoms with Crippen molar-refractivity contribution in [1.82, 2.24) is 0 Å². The highest BCUT2D eigenvalue weighted by Crippen LogP contribution is 2.18. The van der Waals surface area contributed by atoms with Crippen LogP contribution < -0.4 is 0 Å². The average molecular weight is 948 g/mol. The van der Waals surface area contributed by atoms with Crippen LogP contribution in [0.25, 0.3) is 0 Å². The largest absolute Gasteiger partial charge is 0.462 e. The third-order valence-electron chi connectivity index (χ3n) is 14.1. The molecule has 0 amide bonds. The molecule has 0 radical (unpaired) electrons. The van der Waals surface area contributed by atoms with Gasteiger partial charge in [-0.2, -0.15) is 0 Å². The van der Waals surface area contributed by atoms with Crippen molar-refractivity contribution < 1.29 is 28.6 Å². The van der Waals surface area contributed by atoms with Crippen LogP contribution in [0.15, 0.2) is 0 Å². The summed E-state index contributed by atoms with van der Waals surface area (Å²) in [5.41, 5.74) is 0. The Morgan fingerprint density at radius 1 is 0.239 bits per heavy atom. The molecule has 0 rings (SSSR count).